The summed E-state index contributed by atoms with van der Waals surface area (Å²) in [5.41, 5.74) is 1.18. The monoisotopic (exact) mass is 331 g/mol. The van der Waals surface area contributed by atoms with Crippen molar-refractivity contribution in [3.8, 4) is 0 Å². The van der Waals surface area contributed by atoms with Gasteiger partial charge in [0.05, 0.1) is 12.5 Å². The molecule has 0 aliphatic carbocycles. The zero-order valence-corrected chi connectivity index (χ0v) is 14.4. The zero-order chi connectivity index (χ0) is 17.6. The Morgan fingerprint density at radius 1 is 1.42 bits per heavy atom. The molecule has 0 spiro atoms. The van der Waals surface area contributed by atoms with Crippen LogP contribution < -0.4 is 0 Å². The summed E-state index contributed by atoms with van der Waals surface area (Å²) in [6.07, 6.45) is 0.241. The van der Waals surface area contributed by atoms with E-state index in [-0.39, 0.29) is 30.0 Å². The van der Waals surface area contributed by atoms with Crippen molar-refractivity contribution in [2.45, 2.75) is 32.4 Å². The van der Waals surface area contributed by atoms with Gasteiger partial charge in [-0.2, -0.15) is 0 Å². The third-order valence-electron chi connectivity index (χ3n) is 5.19. The van der Waals surface area contributed by atoms with Crippen molar-refractivity contribution in [1.29, 1.82) is 0 Å². The average Bonchev–Trinajstić information content (AvgIpc) is 2.99. The van der Waals surface area contributed by atoms with Gasteiger partial charge in [-0.1, -0.05) is 0 Å². The van der Waals surface area contributed by atoms with Crippen LogP contribution in [0.5, 0.6) is 0 Å². The summed E-state index contributed by atoms with van der Waals surface area (Å²) in [5, 5.41) is 0.780. The molecule has 1 aromatic carbocycles. The molecule has 2 amide bonds. The number of hydrogen-bond acceptors (Lipinski definition) is 2. The smallest absolute Gasteiger partial charge is 0.228 e. The van der Waals surface area contributed by atoms with Crippen LogP contribution in [0.2, 0.25) is 0 Å². The molecule has 1 N–H and O–H groups in total. The molecule has 6 heteroatoms. The molecule has 1 fully saturated rings. The molecule has 0 saturated carbocycles. The second-order valence-corrected chi connectivity index (χ2v) is 7.08. The van der Waals surface area contributed by atoms with Crippen LogP contribution in [0.3, 0.4) is 0 Å². The molecule has 5 nitrogen and oxygen atoms in total. The lowest BCUT2D eigenvalue weighted by Crippen LogP contribution is -2.47. The molecule has 1 aliphatic rings. The number of benzene rings is 1. The molecule has 1 aliphatic heterocycles. The van der Waals surface area contributed by atoms with Gasteiger partial charge < -0.3 is 14.8 Å². The molecule has 1 aromatic heterocycles. The molecule has 3 rings (SSSR count). The Morgan fingerprint density at radius 3 is 2.75 bits per heavy atom. The van der Waals surface area contributed by atoms with Gasteiger partial charge in [0.1, 0.15) is 5.82 Å². The highest BCUT2D eigenvalue weighted by Gasteiger charge is 2.48. The quantitative estimate of drug-likeness (QED) is 0.939. The SMILES string of the molecule is CN(Cc1cc2cc(F)ccc2[nH]1)C(=O)[C@H]1CC(=O)N(C)C1(C)C. The maximum absolute atomic E-state index is 13.3. The fourth-order valence-electron chi connectivity index (χ4n) is 3.35. The number of rotatable bonds is 3. The summed E-state index contributed by atoms with van der Waals surface area (Å²) in [5.74, 6) is -0.705. The van der Waals surface area contributed by atoms with E-state index in [1.807, 2.05) is 19.9 Å². The van der Waals surface area contributed by atoms with Crippen LogP contribution in [-0.2, 0) is 16.1 Å². The number of amides is 2. The maximum atomic E-state index is 13.3. The maximum Gasteiger partial charge on any atom is 0.228 e. The Kier molecular flexibility index (Phi) is 3.86. The molecule has 2 heterocycles. The first-order valence-electron chi connectivity index (χ1n) is 7.99. The molecule has 1 saturated heterocycles. The molecule has 128 valence electrons. The first-order valence-corrected chi connectivity index (χ1v) is 7.99. The van der Waals surface area contributed by atoms with Crippen LogP contribution in [0.4, 0.5) is 4.39 Å². The lowest BCUT2D eigenvalue weighted by molar-refractivity contribution is -0.137. The van der Waals surface area contributed by atoms with E-state index in [9.17, 15) is 14.0 Å². The van der Waals surface area contributed by atoms with Crippen molar-refractivity contribution in [3.05, 3.63) is 35.8 Å². The van der Waals surface area contributed by atoms with Crippen LogP contribution in [0.15, 0.2) is 24.3 Å². The highest BCUT2D eigenvalue weighted by Crippen LogP contribution is 2.35. The minimum atomic E-state index is -0.494. The van der Waals surface area contributed by atoms with Crippen LogP contribution in [0.25, 0.3) is 10.9 Å². The van der Waals surface area contributed by atoms with Crippen LogP contribution in [0.1, 0.15) is 26.0 Å². The summed E-state index contributed by atoms with van der Waals surface area (Å²) in [6.45, 7) is 4.22. The lowest BCUT2D eigenvalue weighted by Gasteiger charge is -2.34. The van der Waals surface area contributed by atoms with Gasteiger partial charge in [0, 0.05) is 42.7 Å². The van der Waals surface area contributed by atoms with Gasteiger partial charge >= 0.3 is 0 Å². The summed E-state index contributed by atoms with van der Waals surface area (Å²) in [6, 6.07) is 6.40. The van der Waals surface area contributed by atoms with E-state index in [0.29, 0.717) is 6.54 Å². The Hall–Kier alpha value is -2.37. The Labute approximate surface area is 140 Å². The van der Waals surface area contributed by atoms with Gasteiger partial charge in [-0.15, -0.1) is 0 Å². The largest absolute Gasteiger partial charge is 0.357 e. The molecule has 24 heavy (non-hydrogen) atoms. The van der Waals surface area contributed by atoms with E-state index < -0.39 is 5.54 Å². The Morgan fingerprint density at radius 2 is 2.12 bits per heavy atom. The van der Waals surface area contributed by atoms with Crippen molar-refractivity contribution in [2.75, 3.05) is 14.1 Å². The van der Waals surface area contributed by atoms with Crippen molar-refractivity contribution >= 4 is 22.7 Å². The topological polar surface area (TPSA) is 56.4 Å². The third-order valence-corrected chi connectivity index (χ3v) is 5.19. The minimum Gasteiger partial charge on any atom is -0.357 e. The first kappa shape index (κ1) is 16.5. The number of hydrogen-bond donors (Lipinski definition) is 1. The number of H-pyrrole nitrogens is 1. The van der Waals surface area contributed by atoms with E-state index in [2.05, 4.69) is 4.98 Å². The minimum absolute atomic E-state index is 0.00663. The van der Waals surface area contributed by atoms with E-state index in [0.717, 1.165) is 16.6 Å². The molecular formula is C18H22FN3O2. The standard InChI is InChI=1S/C18H22FN3O2/c1-18(2)14(9-16(23)22(18)4)17(24)21(3)10-13-8-11-7-12(19)5-6-15(11)20-13/h5-8,14,20H,9-10H2,1-4H3/t14-/m1/s1. The van der Waals surface area contributed by atoms with Gasteiger partial charge in [0.2, 0.25) is 11.8 Å². The second-order valence-electron chi connectivity index (χ2n) is 7.08. The van der Waals surface area contributed by atoms with Crippen LogP contribution >= 0.6 is 0 Å². The van der Waals surface area contributed by atoms with E-state index in [1.54, 1.807) is 30.0 Å². The van der Waals surface area contributed by atoms with E-state index >= 15 is 0 Å². The number of halogens is 1. The first-order chi connectivity index (χ1) is 11.2. The predicted molar refractivity (Wildman–Crippen MR) is 89.7 cm³/mol. The number of carbonyl (C=O) groups is 2. The second kappa shape index (κ2) is 5.61. The van der Waals surface area contributed by atoms with Gasteiger partial charge in [-0.3, -0.25) is 9.59 Å². The number of aromatic amines is 1. The molecular weight excluding hydrogens is 309 g/mol. The summed E-state index contributed by atoms with van der Waals surface area (Å²) in [7, 11) is 3.47. The number of nitrogens with zero attached hydrogens (tertiary/aromatic N) is 2. The zero-order valence-electron chi connectivity index (χ0n) is 14.4. The highest BCUT2D eigenvalue weighted by molar-refractivity contribution is 5.91. The number of aromatic nitrogens is 1. The summed E-state index contributed by atoms with van der Waals surface area (Å²) < 4.78 is 13.3. The number of carbonyl (C=O) groups excluding carboxylic acids is 2. The van der Waals surface area contributed by atoms with E-state index in [1.165, 1.54) is 12.1 Å². The summed E-state index contributed by atoms with van der Waals surface area (Å²) in [4.78, 5) is 31.2. The third kappa shape index (κ3) is 2.66. The normalized spacial score (nSPS) is 20.0. The fourth-order valence-corrected chi connectivity index (χ4v) is 3.35. The van der Waals surface area contributed by atoms with Crippen molar-refractivity contribution in [1.82, 2.24) is 14.8 Å². The van der Waals surface area contributed by atoms with E-state index in [4.69, 9.17) is 0 Å². The lowest BCUT2D eigenvalue weighted by atomic mass is 9.87. The van der Waals surface area contributed by atoms with Crippen molar-refractivity contribution in [2.24, 2.45) is 5.92 Å². The van der Waals surface area contributed by atoms with Crippen molar-refractivity contribution in [3.63, 3.8) is 0 Å². The molecule has 0 bridgehead atoms. The molecule has 0 radical (unpaired) electrons. The number of fused-ring (bicyclic) bond motifs is 1. The highest BCUT2D eigenvalue weighted by atomic mass is 19.1. The average molecular weight is 331 g/mol. The molecule has 1 atom stereocenters. The Bertz CT molecular complexity index is 812. The Balaban J connectivity index is 1.77. The van der Waals surface area contributed by atoms with Crippen LogP contribution in [-0.4, -0.2) is 46.2 Å². The molecule has 2 aromatic rings. The van der Waals surface area contributed by atoms with Gasteiger partial charge in [0.25, 0.3) is 0 Å². The summed E-state index contributed by atoms with van der Waals surface area (Å²) >= 11 is 0. The van der Waals surface area contributed by atoms with Gasteiger partial charge in [-0.05, 0) is 38.1 Å². The number of likely N-dealkylation sites (tertiary alicyclic amines) is 1. The van der Waals surface area contributed by atoms with Gasteiger partial charge in [0.15, 0.2) is 0 Å². The van der Waals surface area contributed by atoms with Crippen molar-refractivity contribution < 1.29 is 14.0 Å². The van der Waals surface area contributed by atoms with Crippen LogP contribution in [0, 0.1) is 11.7 Å². The fraction of sp³-hybridized carbons (Fsp3) is 0.444. The van der Waals surface area contributed by atoms with Gasteiger partial charge in [-0.25, -0.2) is 4.39 Å². The predicted octanol–water partition coefficient (Wildman–Crippen LogP) is 2.52. The molecule has 0 unspecified atom stereocenters. The number of nitrogens with one attached hydrogen (secondary N) is 1.